The van der Waals surface area contributed by atoms with E-state index in [9.17, 15) is 13.2 Å². The summed E-state index contributed by atoms with van der Waals surface area (Å²) in [6.45, 7) is 2.33. The summed E-state index contributed by atoms with van der Waals surface area (Å²) in [5.41, 5.74) is 1.69. The molecule has 1 aliphatic rings. The molecule has 160 valence electrons. The highest BCUT2D eigenvalue weighted by atomic mass is 32.2. The number of rotatable bonds is 6. The van der Waals surface area contributed by atoms with Crippen molar-refractivity contribution in [2.45, 2.75) is 11.8 Å². The number of nitrogens with zero attached hydrogens (tertiary/aromatic N) is 1. The third-order valence-electron chi connectivity index (χ3n) is 4.83. The van der Waals surface area contributed by atoms with E-state index in [1.54, 1.807) is 48.5 Å². The summed E-state index contributed by atoms with van der Waals surface area (Å²) >= 11 is 0. The molecule has 0 unspecified atom stereocenters. The Bertz CT molecular complexity index is 1200. The van der Waals surface area contributed by atoms with Crippen molar-refractivity contribution in [2.24, 2.45) is 0 Å². The number of hydrogen-bond acceptors (Lipinski definition) is 5. The first-order valence-corrected chi connectivity index (χ1v) is 11.2. The molecule has 1 amide bonds. The molecule has 0 radical (unpaired) electrons. The largest absolute Gasteiger partial charge is 0.486 e. The first kappa shape index (κ1) is 20.7. The Labute approximate surface area is 181 Å². The maximum absolute atomic E-state index is 13.4. The number of hydrogen-bond donors (Lipinski definition) is 1. The number of amides is 1. The van der Waals surface area contributed by atoms with Crippen LogP contribution in [0.3, 0.4) is 0 Å². The topological polar surface area (TPSA) is 84.9 Å². The fourth-order valence-electron chi connectivity index (χ4n) is 3.31. The van der Waals surface area contributed by atoms with Crippen molar-refractivity contribution in [1.82, 2.24) is 0 Å². The van der Waals surface area contributed by atoms with E-state index in [0.29, 0.717) is 36.1 Å². The molecule has 0 aromatic heterocycles. The molecule has 0 bridgehead atoms. The van der Waals surface area contributed by atoms with Gasteiger partial charge in [-0.3, -0.25) is 9.10 Å². The van der Waals surface area contributed by atoms with E-state index >= 15 is 0 Å². The number of ether oxygens (including phenoxy) is 2. The van der Waals surface area contributed by atoms with Crippen LogP contribution in [0.25, 0.3) is 0 Å². The molecule has 0 saturated heterocycles. The van der Waals surface area contributed by atoms with Gasteiger partial charge in [0.05, 0.1) is 10.6 Å². The fourth-order valence-corrected chi connectivity index (χ4v) is 4.82. The van der Waals surface area contributed by atoms with E-state index in [1.807, 2.05) is 19.1 Å². The normalized spacial score (nSPS) is 12.8. The zero-order valence-electron chi connectivity index (χ0n) is 16.9. The van der Waals surface area contributed by atoms with Gasteiger partial charge in [-0.05, 0) is 42.8 Å². The second kappa shape index (κ2) is 8.69. The molecule has 1 heterocycles. The van der Waals surface area contributed by atoms with Crippen LogP contribution in [0.1, 0.15) is 5.56 Å². The number of nitrogens with one attached hydrogen (secondary N) is 1. The van der Waals surface area contributed by atoms with Gasteiger partial charge in [0.25, 0.3) is 10.0 Å². The number of benzene rings is 3. The number of fused-ring (bicyclic) bond motifs is 1. The molecular formula is C23H22N2O5S. The molecule has 3 aromatic carbocycles. The van der Waals surface area contributed by atoms with E-state index in [2.05, 4.69) is 5.32 Å². The Balaban J connectivity index is 1.62. The standard InChI is InChI=1S/C23H22N2O5S/c1-17-7-5-6-10-20(17)25(31(27,28)19-8-3-2-4-9-19)16-23(26)24-18-11-12-21-22(15-18)30-14-13-29-21/h2-12,15H,13-14,16H2,1H3,(H,24,26). The van der Waals surface area contributed by atoms with Gasteiger partial charge in [0.1, 0.15) is 19.8 Å². The van der Waals surface area contributed by atoms with Gasteiger partial charge < -0.3 is 14.8 Å². The van der Waals surface area contributed by atoms with Gasteiger partial charge in [0.2, 0.25) is 5.91 Å². The van der Waals surface area contributed by atoms with Crippen LogP contribution in [0.4, 0.5) is 11.4 Å². The molecule has 0 spiro atoms. The monoisotopic (exact) mass is 438 g/mol. The van der Waals surface area contributed by atoms with E-state index in [-0.39, 0.29) is 11.4 Å². The summed E-state index contributed by atoms with van der Waals surface area (Å²) in [6, 6.07) is 20.2. The minimum absolute atomic E-state index is 0.116. The number of para-hydroxylation sites is 1. The van der Waals surface area contributed by atoms with Crippen molar-refractivity contribution in [3.05, 3.63) is 78.4 Å². The SMILES string of the molecule is Cc1ccccc1N(CC(=O)Nc1ccc2c(c1)OCCO2)S(=O)(=O)c1ccccc1. The van der Waals surface area contributed by atoms with Gasteiger partial charge in [-0.1, -0.05) is 36.4 Å². The maximum atomic E-state index is 13.4. The Morgan fingerprint density at radius 1 is 0.935 bits per heavy atom. The molecule has 1 N–H and O–H groups in total. The van der Waals surface area contributed by atoms with Crippen LogP contribution in [0.15, 0.2) is 77.7 Å². The van der Waals surface area contributed by atoms with E-state index in [0.717, 1.165) is 9.87 Å². The highest BCUT2D eigenvalue weighted by molar-refractivity contribution is 7.92. The van der Waals surface area contributed by atoms with Crippen LogP contribution in [0.2, 0.25) is 0 Å². The molecule has 4 rings (SSSR count). The van der Waals surface area contributed by atoms with Crippen molar-refractivity contribution in [3.8, 4) is 11.5 Å². The number of carbonyl (C=O) groups excluding carboxylic acids is 1. The minimum atomic E-state index is -3.95. The van der Waals surface area contributed by atoms with Gasteiger partial charge in [0, 0.05) is 11.8 Å². The second-order valence-electron chi connectivity index (χ2n) is 7.02. The van der Waals surface area contributed by atoms with Gasteiger partial charge in [-0.15, -0.1) is 0 Å². The zero-order valence-corrected chi connectivity index (χ0v) is 17.8. The van der Waals surface area contributed by atoms with Crippen LogP contribution < -0.4 is 19.1 Å². The summed E-state index contributed by atoms with van der Waals surface area (Å²) in [5, 5.41) is 2.75. The average molecular weight is 439 g/mol. The zero-order chi connectivity index (χ0) is 21.8. The van der Waals surface area contributed by atoms with E-state index < -0.39 is 15.9 Å². The third-order valence-corrected chi connectivity index (χ3v) is 6.60. The predicted molar refractivity (Wildman–Crippen MR) is 118 cm³/mol. The smallest absolute Gasteiger partial charge is 0.264 e. The lowest BCUT2D eigenvalue weighted by atomic mass is 10.2. The summed E-state index contributed by atoms with van der Waals surface area (Å²) in [5.74, 6) is 0.675. The predicted octanol–water partition coefficient (Wildman–Crippen LogP) is 3.60. The lowest BCUT2D eigenvalue weighted by Crippen LogP contribution is -2.38. The van der Waals surface area contributed by atoms with Crippen LogP contribution in [0.5, 0.6) is 11.5 Å². The molecule has 0 atom stereocenters. The summed E-state index contributed by atoms with van der Waals surface area (Å²) < 4.78 is 38.9. The van der Waals surface area contributed by atoms with E-state index in [4.69, 9.17) is 9.47 Å². The number of carbonyl (C=O) groups is 1. The van der Waals surface area contributed by atoms with Crippen LogP contribution >= 0.6 is 0 Å². The molecule has 7 nitrogen and oxygen atoms in total. The molecule has 1 aliphatic heterocycles. The summed E-state index contributed by atoms with van der Waals surface area (Å²) in [4.78, 5) is 13.0. The number of sulfonamides is 1. The molecule has 0 aliphatic carbocycles. The molecule has 8 heteroatoms. The van der Waals surface area contributed by atoms with Crippen molar-refractivity contribution >= 4 is 27.3 Å². The molecular weight excluding hydrogens is 416 g/mol. The summed E-state index contributed by atoms with van der Waals surface area (Å²) in [6.07, 6.45) is 0. The van der Waals surface area contributed by atoms with Crippen molar-refractivity contribution in [3.63, 3.8) is 0 Å². The first-order valence-electron chi connectivity index (χ1n) is 9.78. The van der Waals surface area contributed by atoms with Crippen LogP contribution in [-0.4, -0.2) is 34.1 Å². The van der Waals surface area contributed by atoms with Crippen molar-refractivity contribution < 1.29 is 22.7 Å². The quantitative estimate of drug-likeness (QED) is 0.636. The Morgan fingerprint density at radius 2 is 1.61 bits per heavy atom. The molecule has 0 saturated carbocycles. The van der Waals surface area contributed by atoms with Crippen molar-refractivity contribution in [2.75, 3.05) is 29.4 Å². The maximum Gasteiger partial charge on any atom is 0.264 e. The number of aryl methyl sites for hydroxylation is 1. The Morgan fingerprint density at radius 3 is 2.35 bits per heavy atom. The Hall–Kier alpha value is -3.52. The van der Waals surface area contributed by atoms with Crippen LogP contribution in [0, 0.1) is 6.92 Å². The lowest BCUT2D eigenvalue weighted by molar-refractivity contribution is -0.114. The number of anilines is 2. The van der Waals surface area contributed by atoms with E-state index in [1.165, 1.54) is 12.1 Å². The lowest BCUT2D eigenvalue weighted by Gasteiger charge is -2.25. The Kier molecular flexibility index (Phi) is 5.81. The van der Waals surface area contributed by atoms with Gasteiger partial charge in [0.15, 0.2) is 11.5 Å². The first-order chi connectivity index (χ1) is 14.9. The molecule has 3 aromatic rings. The molecule has 31 heavy (non-hydrogen) atoms. The van der Waals surface area contributed by atoms with Crippen molar-refractivity contribution in [1.29, 1.82) is 0 Å². The highest BCUT2D eigenvalue weighted by Crippen LogP contribution is 2.33. The average Bonchev–Trinajstić information content (AvgIpc) is 2.78. The van der Waals surface area contributed by atoms with Gasteiger partial charge >= 0.3 is 0 Å². The minimum Gasteiger partial charge on any atom is -0.486 e. The highest BCUT2D eigenvalue weighted by Gasteiger charge is 2.28. The van der Waals surface area contributed by atoms with Crippen LogP contribution in [-0.2, 0) is 14.8 Å². The van der Waals surface area contributed by atoms with Gasteiger partial charge in [-0.2, -0.15) is 0 Å². The summed E-state index contributed by atoms with van der Waals surface area (Å²) in [7, 11) is -3.95. The third kappa shape index (κ3) is 4.49. The second-order valence-corrected chi connectivity index (χ2v) is 8.88. The molecule has 0 fully saturated rings. The fraction of sp³-hybridized carbons (Fsp3) is 0.174. The van der Waals surface area contributed by atoms with Gasteiger partial charge in [-0.25, -0.2) is 8.42 Å².